The van der Waals surface area contributed by atoms with Crippen molar-refractivity contribution in [2.75, 3.05) is 29.9 Å². The van der Waals surface area contributed by atoms with Gasteiger partial charge in [0.1, 0.15) is 17.1 Å². The Morgan fingerprint density at radius 1 is 1.21 bits per heavy atom. The van der Waals surface area contributed by atoms with Gasteiger partial charge in [-0.15, -0.1) is 0 Å². The molecule has 2 amide bonds. The van der Waals surface area contributed by atoms with Crippen LogP contribution in [0.1, 0.15) is 50.3 Å². The molecule has 2 aromatic carbocycles. The molecule has 34 heavy (non-hydrogen) atoms. The number of aliphatic hydroxyl groups is 1. The van der Waals surface area contributed by atoms with Gasteiger partial charge >= 0.3 is 6.09 Å². The molecule has 9 nitrogen and oxygen atoms in total. The van der Waals surface area contributed by atoms with Crippen LogP contribution in [0, 0.1) is 0 Å². The summed E-state index contributed by atoms with van der Waals surface area (Å²) >= 11 is 0. The van der Waals surface area contributed by atoms with Gasteiger partial charge in [0.05, 0.1) is 17.5 Å². The van der Waals surface area contributed by atoms with E-state index in [1.54, 1.807) is 4.90 Å². The van der Waals surface area contributed by atoms with Crippen LogP contribution in [0.5, 0.6) is 11.5 Å². The average Bonchev–Trinajstić information content (AvgIpc) is 3.56. The summed E-state index contributed by atoms with van der Waals surface area (Å²) in [5.74, 6) is -0.00781. The number of carbonyl (C=O) groups is 2. The predicted octanol–water partition coefficient (Wildman–Crippen LogP) is 3.16. The number of para-hydroxylation sites is 1. The van der Waals surface area contributed by atoms with Gasteiger partial charge in [-0.3, -0.25) is 9.69 Å². The number of anilines is 2. The minimum absolute atomic E-state index is 0.0649. The number of benzene rings is 2. The van der Waals surface area contributed by atoms with Gasteiger partial charge in [-0.1, -0.05) is 18.2 Å². The number of fused-ring (bicyclic) bond motifs is 2. The van der Waals surface area contributed by atoms with Crippen molar-refractivity contribution in [2.24, 2.45) is 0 Å². The lowest BCUT2D eigenvalue weighted by Crippen LogP contribution is -2.46. The van der Waals surface area contributed by atoms with Crippen molar-refractivity contribution in [1.29, 1.82) is 0 Å². The maximum absolute atomic E-state index is 12.7. The molecule has 1 aliphatic carbocycles. The Morgan fingerprint density at radius 2 is 1.97 bits per heavy atom. The molecule has 1 unspecified atom stereocenters. The topological polar surface area (TPSA) is 120 Å². The van der Waals surface area contributed by atoms with Crippen molar-refractivity contribution in [3.63, 3.8) is 0 Å². The average molecular weight is 468 g/mol. The first-order chi connectivity index (χ1) is 16.2. The van der Waals surface area contributed by atoms with Gasteiger partial charge in [-0.2, -0.15) is 0 Å². The fourth-order valence-corrected chi connectivity index (χ4v) is 4.73. The van der Waals surface area contributed by atoms with Crippen LogP contribution in [0.4, 0.5) is 16.2 Å². The third-order valence-corrected chi connectivity index (χ3v) is 6.83. The molecule has 1 saturated carbocycles. The van der Waals surface area contributed by atoms with Crippen LogP contribution in [-0.2, 0) is 15.1 Å². The molecule has 0 radical (unpaired) electrons. The van der Waals surface area contributed by atoms with E-state index >= 15 is 0 Å². The SMILES string of the molecule is CC1(C)OC(=O)N(CCC2(NCC(O)c3cc(O)cc4c3OCC(=O)N4)CC2)c2ccccc21. The summed E-state index contributed by atoms with van der Waals surface area (Å²) in [5.41, 5.74) is 1.74. The second kappa shape index (κ2) is 8.18. The molecule has 0 bridgehead atoms. The number of aliphatic hydroxyl groups excluding tert-OH is 1. The highest BCUT2D eigenvalue weighted by Crippen LogP contribution is 2.43. The largest absolute Gasteiger partial charge is 0.508 e. The summed E-state index contributed by atoms with van der Waals surface area (Å²) in [6, 6.07) is 10.6. The molecule has 0 aromatic heterocycles. The highest BCUT2D eigenvalue weighted by atomic mass is 16.6. The fraction of sp³-hybridized carbons (Fsp3) is 0.440. The Hall–Kier alpha value is -3.30. The highest BCUT2D eigenvalue weighted by Gasteiger charge is 2.44. The molecule has 2 aromatic rings. The minimum atomic E-state index is -0.949. The summed E-state index contributed by atoms with van der Waals surface area (Å²) in [7, 11) is 0. The number of nitrogens with zero attached hydrogens (tertiary/aromatic N) is 1. The smallest absolute Gasteiger partial charge is 0.415 e. The first-order valence-electron chi connectivity index (χ1n) is 11.5. The third-order valence-electron chi connectivity index (χ3n) is 6.83. The number of rotatable bonds is 7. The van der Waals surface area contributed by atoms with Crippen LogP contribution in [0.25, 0.3) is 0 Å². The van der Waals surface area contributed by atoms with Gasteiger partial charge < -0.3 is 30.3 Å². The van der Waals surface area contributed by atoms with Crippen molar-refractivity contribution in [1.82, 2.24) is 5.32 Å². The zero-order valence-electron chi connectivity index (χ0n) is 19.3. The summed E-state index contributed by atoms with van der Waals surface area (Å²) in [6.45, 7) is 4.37. The standard InChI is InChI=1S/C25H29N3O6/c1-24(2)17-5-3-4-6-19(17)28(23(32)34-24)10-9-25(7-8-25)26-13-20(30)16-11-15(29)12-18-22(16)33-14-21(31)27-18/h3-6,11-12,20,26,29-30H,7-10,13-14H2,1-2H3,(H,27,31). The van der Waals surface area contributed by atoms with Crippen molar-refractivity contribution >= 4 is 23.4 Å². The second-order valence-electron chi connectivity index (χ2n) is 9.72. The molecular formula is C25H29N3O6. The van der Waals surface area contributed by atoms with Crippen LogP contribution in [-0.4, -0.2) is 47.4 Å². The van der Waals surface area contributed by atoms with Crippen LogP contribution in [0.3, 0.4) is 0 Å². The first kappa shape index (κ1) is 22.5. The van der Waals surface area contributed by atoms with Crippen molar-refractivity contribution in [3.05, 3.63) is 47.5 Å². The first-order valence-corrected chi connectivity index (χ1v) is 11.5. The molecule has 180 valence electrons. The van der Waals surface area contributed by atoms with Gasteiger partial charge in [-0.25, -0.2) is 4.79 Å². The van der Waals surface area contributed by atoms with Crippen LogP contribution < -0.4 is 20.3 Å². The van der Waals surface area contributed by atoms with E-state index in [4.69, 9.17) is 9.47 Å². The Balaban J connectivity index is 1.25. The van der Waals surface area contributed by atoms with Crippen LogP contribution in [0.15, 0.2) is 36.4 Å². The number of β-amino-alcohol motifs (C(OH)–C–C–N with tert-alkyl or cyclic N) is 1. The van der Waals surface area contributed by atoms with Gasteiger partial charge in [0.25, 0.3) is 5.91 Å². The van der Waals surface area contributed by atoms with Gasteiger partial charge in [0, 0.05) is 35.8 Å². The Kier molecular flexibility index (Phi) is 5.41. The third kappa shape index (κ3) is 4.17. The maximum atomic E-state index is 12.7. The number of amides is 2. The number of phenols is 1. The highest BCUT2D eigenvalue weighted by molar-refractivity contribution is 5.96. The molecule has 2 aliphatic heterocycles. The fourth-order valence-electron chi connectivity index (χ4n) is 4.73. The second-order valence-corrected chi connectivity index (χ2v) is 9.72. The number of aromatic hydroxyl groups is 1. The zero-order chi connectivity index (χ0) is 24.1. The van der Waals surface area contributed by atoms with E-state index in [0.29, 0.717) is 30.0 Å². The van der Waals surface area contributed by atoms with Gasteiger partial charge in [0.15, 0.2) is 6.61 Å². The molecule has 9 heteroatoms. The van der Waals surface area contributed by atoms with Crippen molar-refractivity contribution in [3.8, 4) is 11.5 Å². The number of hydrogen-bond acceptors (Lipinski definition) is 7. The molecule has 3 aliphatic rings. The number of cyclic esters (lactones) is 1. The lowest BCUT2D eigenvalue weighted by molar-refractivity contribution is -0.118. The van der Waals surface area contributed by atoms with E-state index in [1.165, 1.54) is 12.1 Å². The summed E-state index contributed by atoms with van der Waals surface area (Å²) in [4.78, 5) is 26.0. The van der Waals surface area contributed by atoms with E-state index in [0.717, 1.165) is 24.1 Å². The van der Waals surface area contributed by atoms with Crippen LogP contribution in [0.2, 0.25) is 0 Å². The number of ether oxygens (including phenoxy) is 2. The lowest BCUT2D eigenvalue weighted by Gasteiger charge is -2.39. The summed E-state index contributed by atoms with van der Waals surface area (Å²) in [6.07, 6.45) is 1.26. The molecule has 4 N–H and O–H groups in total. The van der Waals surface area contributed by atoms with E-state index in [-0.39, 0.29) is 36.4 Å². The van der Waals surface area contributed by atoms with E-state index < -0.39 is 11.7 Å². The van der Waals surface area contributed by atoms with Gasteiger partial charge in [0.2, 0.25) is 0 Å². The number of hydrogen-bond donors (Lipinski definition) is 4. The minimum Gasteiger partial charge on any atom is -0.508 e. The normalized spacial score (nSPS) is 20.4. The van der Waals surface area contributed by atoms with Crippen LogP contribution >= 0.6 is 0 Å². The Labute approximate surface area is 197 Å². The number of phenolic OH excluding ortho intramolecular Hbond substituents is 1. The molecule has 1 atom stereocenters. The van der Waals surface area contributed by atoms with Gasteiger partial charge in [-0.05, 0) is 45.2 Å². The molecule has 0 saturated heterocycles. The Morgan fingerprint density at radius 3 is 2.74 bits per heavy atom. The van der Waals surface area contributed by atoms with E-state index in [2.05, 4.69) is 10.6 Å². The van der Waals surface area contributed by atoms with E-state index in [9.17, 15) is 19.8 Å². The molecule has 1 fully saturated rings. The number of nitrogens with one attached hydrogen (secondary N) is 2. The maximum Gasteiger partial charge on any atom is 0.415 e. The molecule has 2 heterocycles. The summed E-state index contributed by atoms with van der Waals surface area (Å²) in [5, 5.41) is 27.0. The molecule has 0 spiro atoms. The summed E-state index contributed by atoms with van der Waals surface area (Å²) < 4.78 is 11.2. The molecular weight excluding hydrogens is 438 g/mol. The number of carbonyl (C=O) groups excluding carboxylic acids is 2. The van der Waals surface area contributed by atoms with Crippen molar-refractivity contribution in [2.45, 2.75) is 50.4 Å². The quantitative estimate of drug-likeness (QED) is 0.494. The van der Waals surface area contributed by atoms with E-state index in [1.807, 2.05) is 38.1 Å². The lowest BCUT2D eigenvalue weighted by atomic mass is 9.94. The monoisotopic (exact) mass is 467 g/mol. The Bertz CT molecular complexity index is 1140. The molecule has 5 rings (SSSR count). The zero-order valence-corrected chi connectivity index (χ0v) is 19.3. The predicted molar refractivity (Wildman–Crippen MR) is 125 cm³/mol. The van der Waals surface area contributed by atoms with Crippen molar-refractivity contribution < 1.29 is 29.3 Å².